The van der Waals surface area contributed by atoms with Crippen molar-refractivity contribution in [3.63, 3.8) is 0 Å². The van der Waals surface area contributed by atoms with E-state index in [2.05, 4.69) is 20.9 Å². The quantitative estimate of drug-likeness (QED) is 0.356. The van der Waals surface area contributed by atoms with Crippen molar-refractivity contribution in [3.05, 3.63) is 92.0 Å². The van der Waals surface area contributed by atoms with Crippen molar-refractivity contribution in [2.45, 2.75) is 6.54 Å². The summed E-state index contributed by atoms with van der Waals surface area (Å²) >= 11 is 3.44. The highest BCUT2D eigenvalue weighted by atomic mass is 79.9. The van der Waals surface area contributed by atoms with Gasteiger partial charge in [0, 0.05) is 27.9 Å². The van der Waals surface area contributed by atoms with E-state index in [1.54, 1.807) is 4.57 Å². The van der Waals surface area contributed by atoms with Crippen LogP contribution in [0.3, 0.4) is 0 Å². The van der Waals surface area contributed by atoms with Gasteiger partial charge in [-0.25, -0.2) is 10.2 Å². The van der Waals surface area contributed by atoms with Crippen LogP contribution in [0.2, 0.25) is 0 Å². The summed E-state index contributed by atoms with van der Waals surface area (Å²) in [5.74, 6) is 0. The molecule has 0 aliphatic carbocycles. The van der Waals surface area contributed by atoms with Crippen LogP contribution >= 0.6 is 15.9 Å². The number of nitrogen functional groups attached to an aromatic ring is 1. The number of anilines is 1. The summed E-state index contributed by atoms with van der Waals surface area (Å²) in [4.78, 5) is 28.9. The highest BCUT2D eigenvalue weighted by Crippen LogP contribution is 2.28. The minimum atomic E-state index is -0.345. The molecule has 3 aromatic carbocycles. The largest absolute Gasteiger partial charge is 0.398 e. The Morgan fingerprint density at radius 2 is 1.83 bits per heavy atom. The smallest absolute Gasteiger partial charge is 0.317 e. The Morgan fingerprint density at radius 1 is 1.07 bits per heavy atom. The van der Waals surface area contributed by atoms with Crippen molar-refractivity contribution in [1.82, 2.24) is 9.55 Å². The van der Waals surface area contributed by atoms with Crippen molar-refractivity contribution in [3.8, 4) is 11.3 Å². The van der Waals surface area contributed by atoms with E-state index >= 15 is 0 Å². The molecule has 1 aromatic heterocycles. The Hall–Kier alpha value is -3.52. The van der Waals surface area contributed by atoms with Crippen molar-refractivity contribution in [2.75, 3.05) is 5.73 Å². The zero-order valence-corrected chi connectivity index (χ0v) is 16.7. The molecule has 0 saturated carbocycles. The lowest BCUT2D eigenvalue weighted by atomic mass is 10.1. The van der Waals surface area contributed by atoms with E-state index < -0.39 is 0 Å². The van der Waals surface area contributed by atoms with E-state index in [4.69, 9.17) is 5.73 Å². The maximum absolute atomic E-state index is 13.4. The standard InChI is InChI=1S/C21H16BrN4O3/c22-14-6-9-19-18(10-14)24-20(16-11-15(26(28)29)7-8-17(16)23)21(27)25(19)12-13-4-2-1-3-5-13/h1-11H,12,23H2,(H,28,29)/q+1. The number of nitrogens with zero attached hydrogens (tertiary/aromatic N) is 3. The zero-order valence-electron chi connectivity index (χ0n) is 15.1. The molecule has 3 N–H and O–H groups in total. The minimum Gasteiger partial charge on any atom is -0.398 e. The maximum atomic E-state index is 13.4. The van der Waals surface area contributed by atoms with E-state index in [0.717, 1.165) is 10.0 Å². The molecule has 0 aliphatic heterocycles. The van der Waals surface area contributed by atoms with Gasteiger partial charge in [0.1, 0.15) is 5.69 Å². The molecule has 0 saturated heterocycles. The number of hydrogen-bond donors (Lipinski definition) is 2. The summed E-state index contributed by atoms with van der Waals surface area (Å²) in [5.41, 5.74) is 8.57. The first-order valence-electron chi connectivity index (χ1n) is 8.74. The summed E-state index contributed by atoms with van der Waals surface area (Å²) in [5, 5.41) is 9.24. The second-order valence-corrected chi connectivity index (χ2v) is 7.43. The van der Waals surface area contributed by atoms with Crippen molar-refractivity contribution >= 4 is 38.3 Å². The van der Waals surface area contributed by atoms with E-state index in [0.29, 0.717) is 17.6 Å². The second kappa shape index (κ2) is 7.48. The Labute approximate surface area is 173 Å². The Bertz CT molecular complexity index is 1300. The summed E-state index contributed by atoms with van der Waals surface area (Å²) < 4.78 is 2.44. The maximum Gasteiger partial charge on any atom is 0.317 e. The summed E-state index contributed by atoms with van der Waals surface area (Å²) in [6.45, 7) is 0.348. The number of aromatic nitrogens is 2. The summed E-state index contributed by atoms with van der Waals surface area (Å²) in [6, 6.07) is 19.3. The third-order valence-corrected chi connectivity index (χ3v) is 5.10. The van der Waals surface area contributed by atoms with Crippen LogP contribution in [0, 0.1) is 4.91 Å². The van der Waals surface area contributed by atoms with Crippen LogP contribution < -0.4 is 11.3 Å². The fraction of sp³-hybridized carbons (Fsp3) is 0.0476. The topological polar surface area (TPSA) is 101 Å². The predicted octanol–water partition coefficient (Wildman–Crippen LogP) is 4.26. The van der Waals surface area contributed by atoms with Gasteiger partial charge in [0.15, 0.2) is 0 Å². The first-order chi connectivity index (χ1) is 13.9. The molecule has 0 unspecified atom stereocenters. The zero-order chi connectivity index (χ0) is 20.5. The van der Waals surface area contributed by atoms with Crippen LogP contribution in [0.5, 0.6) is 0 Å². The molecule has 0 spiro atoms. The minimum absolute atomic E-state index is 0.0423. The molecular weight excluding hydrogens is 436 g/mol. The lowest BCUT2D eigenvalue weighted by Crippen LogP contribution is -2.24. The Balaban J connectivity index is 2.01. The fourth-order valence-corrected chi connectivity index (χ4v) is 3.54. The molecule has 0 fully saturated rings. The number of halogens is 1. The van der Waals surface area contributed by atoms with Gasteiger partial charge in [0.2, 0.25) is 0 Å². The van der Waals surface area contributed by atoms with Crippen molar-refractivity contribution < 1.29 is 10.1 Å². The third kappa shape index (κ3) is 3.62. The van der Waals surface area contributed by atoms with E-state index in [-0.39, 0.29) is 33.1 Å². The molecular formula is C21H16BrN4O3+. The van der Waals surface area contributed by atoms with Gasteiger partial charge in [-0.2, -0.15) is 0 Å². The van der Waals surface area contributed by atoms with Gasteiger partial charge in [0.25, 0.3) is 10.5 Å². The number of benzene rings is 3. The highest BCUT2D eigenvalue weighted by Gasteiger charge is 2.20. The van der Waals surface area contributed by atoms with Gasteiger partial charge >= 0.3 is 5.69 Å². The fourth-order valence-electron chi connectivity index (χ4n) is 3.19. The second-order valence-electron chi connectivity index (χ2n) is 6.51. The molecule has 0 atom stereocenters. The van der Waals surface area contributed by atoms with E-state index in [1.807, 2.05) is 48.5 Å². The molecule has 0 bridgehead atoms. The molecule has 4 rings (SSSR count). The molecule has 0 amide bonds. The molecule has 8 heteroatoms. The molecule has 4 aromatic rings. The molecule has 7 nitrogen and oxygen atoms in total. The van der Waals surface area contributed by atoms with Gasteiger partial charge in [-0.15, -0.1) is 0 Å². The summed E-state index contributed by atoms with van der Waals surface area (Å²) in [7, 11) is 0. The van der Waals surface area contributed by atoms with Gasteiger partial charge in [-0.05, 0) is 29.8 Å². The average molecular weight is 452 g/mol. The number of nitrogens with two attached hydrogens (primary N) is 1. The van der Waals surface area contributed by atoms with Gasteiger partial charge in [0.05, 0.1) is 22.5 Å². The van der Waals surface area contributed by atoms with Crippen LogP contribution in [0.15, 0.2) is 76.0 Å². The molecule has 29 heavy (non-hydrogen) atoms. The van der Waals surface area contributed by atoms with Crippen LogP contribution in [0.4, 0.5) is 11.4 Å². The predicted molar refractivity (Wildman–Crippen MR) is 114 cm³/mol. The lowest BCUT2D eigenvalue weighted by Gasteiger charge is -2.13. The molecule has 0 aliphatic rings. The monoisotopic (exact) mass is 451 g/mol. The number of fused-ring (bicyclic) bond motifs is 1. The lowest BCUT2D eigenvalue weighted by molar-refractivity contribution is -0.729. The Morgan fingerprint density at radius 3 is 2.55 bits per heavy atom. The van der Waals surface area contributed by atoms with Gasteiger partial charge in [-0.3, -0.25) is 4.79 Å². The van der Waals surface area contributed by atoms with Crippen LogP contribution in [0.25, 0.3) is 22.3 Å². The third-order valence-electron chi connectivity index (χ3n) is 4.60. The number of rotatable bonds is 4. The average Bonchev–Trinajstić information content (AvgIpc) is 2.71. The van der Waals surface area contributed by atoms with Gasteiger partial charge < -0.3 is 10.3 Å². The Kier molecular flexibility index (Phi) is 4.85. The van der Waals surface area contributed by atoms with E-state index in [9.17, 15) is 14.9 Å². The summed E-state index contributed by atoms with van der Waals surface area (Å²) in [6.07, 6.45) is 0. The number of hydrogen-bond acceptors (Lipinski definition) is 4. The first kappa shape index (κ1) is 18.8. The normalized spacial score (nSPS) is 10.9. The van der Waals surface area contributed by atoms with Crippen molar-refractivity contribution in [2.24, 2.45) is 0 Å². The van der Waals surface area contributed by atoms with Crippen LogP contribution in [-0.4, -0.2) is 19.7 Å². The molecule has 144 valence electrons. The van der Waals surface area contributed by atoms with Crippen molar-refractivity contribution in [1.29, 1.82) is 0 Å². The molecule has 1 heterocycles. The van der Waals surface area contributed by atoms with Crippen LogP contribution in [-0.2, 0) is 6.54 Å². The highest BCUT2D eigenvalue weighted by molar-refractivity contribution is 9.10. The SMILES string of the molecule is Nc1ccc([N+](=O)O)cc1-c1nc2cc(Br)ccc2n(Cc2ccccc2)c1=O. The van der Waals surface area contributed by atoms with Gasteiger partial charge in [-0.1, -0.05) is 46.3 Å². The molecule has 0 radical (unpaired) electrons. The van der Waals surface area contributed by atoms with Crippen LogP contribution in [0.1, 0.15) is 5.56 Å². The first-order valence-corrected chi connectivity index (χ1v) is 9.53. The van der Waals surface area contributed by atoms with E-state index in [1.165, 1.54) is 18.2 Å².